The van der Waals surface area contributed by atoms with Crippen LogP contribution in [0.15, 0.2) is 60.7 Å². The maximum absolute atomic E-state index is 12.0. The van der Waals surface area contributed by atoms with Crippen LogP contribution in [-0.2, 0) is 17.8 Å². The van der Waals surface area contributed by atoms with E-state index in [2.05, 4.69) is 65.6 Å². The molecule has 156 valence electrons. The molecule has 5 rings (SSSR count). The molecule has 0 aromatic heterocycles. The molecular weight excluding hydrogens is 368 g/mol. The number of allylic oxidation sites excluding steroid dienone is 1. The van der Waals surface area contributed by atoms with Gasteiger partial charge in [0.2, 0.25) is 5.91 Å². The van der Waals surface area contributed by atoms with Gasteiger partial charge in [-0.25, -0.2) is 0 Å². The third kappa shape index (κ3) is 4.22. The Bertz CT molecular complexity index is 902. The fraction of sp³-hybridized carbons (Fsp3) is 0.444. The van der Waals surface area contributed by atoms with Crippen LogP contribution in [-0.4, -0.2) is 41.9 Å². The van der Waals surface area contributed by atoms with Gasteiger partial charge in [0, 0.05) is 45.1 Å². The van der Waals surface area contributed by atoms with Crippen molar-refractivity contribution in [2.45, 2.75) is 38.6 Å². The largest absolute Gasteiger partial charge is 0.342 e. The van der Waals surface area contributed by atoms with E-state index in [-0.39, 0.29) is 0 Å². The standard InChI is InChI=1S/C27H32N2O/c30-27-8-4-5-16-29(27)17-15-21-9-11-23(12-10-21)25-14-13-24-19-28(20-26(24)25)18-22-6-2-1-3-7-22/h1-3,6-7,9-12,14,24,26H,4-5,8,13,15-20H2. The molecule has 3 nitrogen and oxygen atoms in total. The number of fused-ring (bicyclic) bond motifs is 1. The van der Waals surface area contributed by atoms with E-state index >= 15 is 0 Å². The number of rotatable bonds is 6. The first-order valence-electron chi connectivity index (χ1n) is 11.6. The van der Waals surface area contributed by atoms with Crippen molar-refractivity contribution in [1.82, 2.24) is 9.80 Å². The van der Waals surface area contributed by atoms with Crippen LogP contribution >= 0.6 is 0 Å². The van der Waals surface area contributed by atoms with Crippen LogP contribution in [0.25, 0.3) is 5.57 Å². The van der Waals surface area contributed by atoms with Gasteiger partial charge in [-0.15, -0.1) is 0 Å². The molecule has 2 saturated heterocycles. The summed E-state index contributed by atoms with van der Waals surface area (Å²) in [6.45, 7) is 5.24. The molecular formula is C27H32N2O. The fourth-order valence-corrected chi connectivity index (χ4v) is 5.51. The average Bonchev–Trinajstić information content (AvgIpc) is 3.35. The number of hydrogen-bond acceptors (Lipinski definition) is 2. The van der Waals surface area contributed by atoms with Crippen molar-refractivity contribution in [3.05, 3.63) is 77.4 Å². The Kier molecular flexibility index (Phi) is 5.72. The van der Waals surface area contributed by atoms with Crippen LogP contribution in [0.5, 0.6) is 0 Å². The van der Waals surface area contributed by atoms with Crippen molar-refractivity contribution in [1.29, 1.82) is 0 Å². The number of hydrogen-bond donors (Lipinski definition) is 0. The molecule has 0 saturated carbocycles. The van der Waals surface area contributed by atoms with Gasteiger partial charge >= 0.3 is 0 Å². The van der Waals surface area contributed by atoms with E-state index in [9.17, 15) is 4.79 Å². The summed E-state index contributed by atoms with van der Waals surface area (Å²) in [4.78, 5) is 16.7. The van der Waals surface area contributed by atoms with Crippen LogP contribution in [0.2, 0.25) is 0 Å². The van der Waals surface area contributed by atoms with E-state index in [0.29, 0.717) is 11.8 Å². The van der Waals surface area contributed by atoms with E-state index in [1.54, 1.807) is 5.57 Å². The first-order valence-corrected chi connectivity index (χ1v) is 11.6. The van der Waals surface area contributed by atoms with Gasteiger partial charge in [-0.3, -0.25) is 9.69 Å². The highest BCUT2D eigenvalue weighted by atomic mass is 16.2. The second-order valence-corrected chi connectivity index (χ2v) is 9.23. The Hall–Kier alpha value is -2.39. The summed E-state index contributed by atoms with van der Waals surface area (Å²) < 4.78 is 0. The van der Waals surface area contributed by atoms with Crippen molar-refractivity contribution < 1.29 is 4.79 Å². The molecule has 0 bridgehead atoms. The predicted octanol–water partition coefficient (Wildman–Crippen LogP) is 4.78. The van der Waals surface area contributed by atoms with E-state index in [1.165, 1.54) is 36.2 Å². The molecule has 2 fully saturated rings. The number of piperidine rings is 1. The molecule has 1 aliphatic carbocycles. The number of benzene rings is 2. The lowest BCUT2D eigenvalue weighted by Gasteiger charge is -2.26. The maximum atomic E-state index is 12.0. The van der Waals surface area contributed by atoms with Gasteiger partial charge in [0.15, 0.2) is 0 Å². The fourth-order valence-electron chi connectivity index (χ4n) is 5.51. The van der Waals surface area contributed by atoms with Crippen molar-refractivity contribution in [3.8, 4) is 0 Å². The Labute approximate surface area is 180 Å². The van der Waals surface area contributed by atoms with Gasteiger partial charge in [0.05, 0.1) is 0 Å². The highest BCUT2D eigenvalue weighted by Crippen LogP contribution is 2.43. The second-order valence-electron chi connectivity index (χ2n) is 9.23. The number of amides is 1. The predicted molar refractivity (Wildman–Crippen MR) is 122 cm³/mol. The zero-order valence-corrected chi connectivity index (χ0v) is 17.8. The van der Waals surface area contributed by atoms with E-state index in [0.717, 1.165) is 51.2 Å². The summed E-state index contributed by atoms with van der Waals surface area (Å²) in [7, 11) is 0. The van der Waals surface area contributed by atoms with E-state index < -0.39 is 0 Å². The van der Waals surface area contributed by atoms with Crippen molar-refractivity contribution in [3.63, 3.8) is 0 Å². The van der Waals surface area contributed by atoms with Crippen molar-refractivity contribution in [2.24, 2.45) is 11.8 Å². The van der Waals surface area contributed by atoms with Gasteiger partial charge in [0.25, 0.3) is 0 Å². The SMILES string of the molecule is O=C1CCCCN1CCc1ccc(C2=CCC3CN(Cc4ccccc4)CC23)cc1. The van der Waals surface area contributed by atoms with Crippen molar-refractivity contribution >= 4 is 11.5 Å². The highest BCUT2D eigenvalue weighted by Gasteiger charge is 2.38. The molecule has 0 radical (unpaired) electrons. The molecule has 2 heterocycles. The lowest BCUT2D eigenvalue weighted by Crippen LogP contribution is -2.36. The molecule has 2 atom stereocenters. The minimum atomic E-state index is 0.335. The summed E-state index contributed by atoms with van der Waals surface area (Å²) in [6, 6.07) is 20.0. The number of nitrogens with zero attached hydrogens (tertiary/aromatic N) is 2. The Morgan fingerprint density at radius 3 is 2.53 bits per heavy atom. The Morgan fingerprint density at radius 2 is 1.73 bits per heavy atom. The summed E-state index contributed by atoms with van der Waals surface area (Å²) >= 11 is 0. The maximum Gasteiger partial charge on any atom is 0.222 e. The summed E-state index contributed by atoms with van der Waals surface area (Å²) in [5.74, 6) is 1.78. The Morgan fingerprint density at radius 1 is 0.900 bits per heavy atom. The van der Waals surface area contributed by atoms with Crippen LogP contribution < -0.4 is 0 Å². The molecule has 2 aromatic rings. The molecule has 2 aromatic carbocycles. The molecule has 2 unspecified atom stereocenters. The topological polar surface area (TPSA) is 23.6 Å². The van der Waals surface area contributed by atoms with E-state index in [4.69, 9.17) is 0 Å². The smallest absolute Gasteiger partial charge is 0.222 e. The number of carbonyl (C=O) groups is 1. The van der Waals surface area contributed by atoms with Crippen LogP contribution in [0, 0.1) is 11.8 Å². The first kappa shape index (κ1) is 19.6. The number of carbonyl (C=O) groups excluding carboxylic acids is 1. The van der Waals surface area contributed by atoms with E-state index in [1.807, 2.05) is 4.90 Å². The number of likely N-dealkylation sites (tertiary alicyclic amines) is 2. The minimum Gasteiger partial charge on any atom is -0.342 e. The van der Waals surface area contributed by atoms with Gasteiger partial charge < -0.3 is 4.90 Å². The molecule has 1 amide bonds. The summed E-state index contributed by atoms with van der Waals surface area (Å²) in [5, 5.41) is 0. The highest BCUT2D eigenvalue weighted by molar-refractivity contribution is 5.76. The zero-order chi connectivity index (χ0) is 20.3. The quantitative estimate of drug-likeness (QED) is 0.697. The molecule has 30 heavy (non-hydrogen) atoms. The van der Waals surface area contributed by atoms with Crippen LogP contribution in [0.3, 0.4) is 0 Å². The average molecular weight is 401 g/mol. The van der Waals surface area contributed by atoms with Gasteiger partial charge in [-0.05, 0) is 53.9 Å². The summed E-state index contributed by atoms with van der Waals surface area (Å²) in [6.07, 6.45) is 7.60. The lowest BCUT2D eigenvalue weighted by molar-refractivity contribution is -0.133. The van der Waals surface area contributed by atoms with Gasteiger partial charge in [0.1, 0.15) is 0 Å². The van der Waals surface area contributed by atoms with Gasteiger partial charge in [-0.2, -0.15) is 0 Å². The lowest BCUT2D eigenvalue weighted by atomic mass is 9.90. The van der Waals surface area contributed by atoms with Crippen molar-refractivity contribution in [2.75, 3.05) is 26.2 Å². The minimum absolute atomic E-state index is 0.335. The Balaban J connectivity index is 1.18. The van der Waals surface area contributed by atoms with Gasteiger partial charge in [-0.1, -0.05) is 60.7 Å². The van der Waals surface area contributed by atoms with Crippen LogP contribution in [0.4, 0.5) is 0 Å². The molecule has 3 heteroatoms. The molecule has 0 spiro atoms. The third-order valence-electron chi connectivity index (χ3n) is 7.18. The van der Waals surface area contributed by atoms with Crippen LogP contribution in [0.1, 0.15) is 42.4 Å². The third-order valence-corrected chi connectivity index (χ3v) is 7.18. The zero-order valence-electron chi connectivity index (χ0n) is 17.8. The normalized spacial score (nSPS) is 24.2. The molecule has 3 aliphatic rings. The first-order chi connectivity index (χ1) is 14.8. The monoisotopic (exact) mass is 400 g/mol. The molecule has 0 N–H and O–H groups in total. The second kappa shape index (κ2) is 8.77. The summed E-state index contributed by atoms with van der Waals surface area (Å²) in [5.41, 5.74) is 5.69. The molecule has 2 aliphatic heterocycles.